The molecule has 0 fully saturated rings. The zero-order chi connectivity index (χ0) is 40.5. The Labute approximate surface area is 337 Å². The lowest BCUT2D eigenvalue weighted by Gasteiger charge is -2.20. The number of allylic oxidation sites excluding steroid dienone is 8. The summed E-state index contributed by atoms with van der Waals surface area (Å²) in [4.78, 5) is 37.0. The van der Waals surface area contributed by atoms with E-state index in [9.17, 15) is 19.0 Å². The van der Waals surface area contributed by atoms with E-state index in [0.29, 0.717) is 19.4 Å². The van der Waals surface area contributed by atoms with Crippen LogP contribution in [0.25, 0.3) is 0 Å². The normalized spacial score (nSPS) is 13.9. The average molecular weight is 796 g/mol. The third kappa shape index (κ3) is 41.4. The number of ether oxygens (including phenoxy) is 2. The van der Waals surface area contributed by atoms with E-state index >= 15 is 0 Å². The molecule has 0 aliphatic rings. The van der Waals surface area contributed by atoms with Gasteiger partial charge in [0.25, 0.3) is 0 Å². The van der Waals surface area contributed by atoms with E-state index in [0.717, 1.165) is 51.4 Å². The fourth-order valence-electron chi connectivity index (χ4n) is 5.73. The van der Waals surface area contributed by atoms with Crippen molar-refractivity contribution in [3.05, 3.63) is 48.6 Å². The van der Waals surface area contributed by atoms with Crippen LogP contribution in [0.2, 0.25) is 0 Å². The molecule has 0 bridgehead atoms. The van der Waals surface area contributed by atoms with Crippen molar-refractivity contribution >= 4 is 19.8 Å². The van der Waals surface area contributed by atoms with E-state index < -0.39 is 32.5 Å². The van der Waals surface area contributed by atoms with E-state index in [1.54, 1.807) is 0 Å². The van der Waals surface area contributed by atoms with Gasteiger partial charge in [-0.15, -0.1) is 0 Å². The van der Waals surface area contributed by atoms with Gasteiger partial charge in [-0.05, 0) is 71.9 Å². The van der Waals surface area contributed by atoms with Crippen LogP contribution < -0.4 is 0 Å². The highest BCUT2D eigenvalue weighted by Gasteiger charge is 2.26. The van der Waals surface area contributed by atoms with E-state index in [-0.39, 0.29) is 26.1 Å². The number of hydrogen-bond acceptors (Lipinski definition) is 8. The summed E-state index contributed by atoms with van der Waals surface area (Å²) in [6.45, 7) is 4.25. The second-order valence-electron chi connectivity index (χ2n) is 14.9. The van der Waals surface area contributed by atoms with E-state index in [4.69, 9.17) is 18.5 Å². The molecule has 9 nitrogen and oxygen atoms in total. The number of carbonyl (C=O) groups is 2. The molecule has 0 spiro atoms. The molecule has 0 aromatic rings. The van der Waals surface area contributed by atoms with Crippen molar-refractivity contribution in [3.8, 4) is 0 Å². The van der Waals surface area contributed by atoms with Gasteiger partial charge in [-0.25, -0.2) is 4.57 Å². The van der Waals surface area contributed by atoms with Crippen molar-refractivity contribution in [3.63, 3.8) is 0 Å². The SMILES string of the molecule is CCCCC/C=C\C/C=C\C/C=C\C/C=C\CCCCCC(=O)OCC(COP(=O)(O)OCCN(C)C)OC(=O)CCCCCCCCCCCCCCC. The van der Waals surface area contributed by atoms with Gasteiger partial charge < -0.3 is 19.3 Å². The second kappa shape index (κ2) is 40.2. The predicted octanol–water partition coefficient (Wildman–Crippen LogP) is 12.5. The Hall–Kier alpha value is -2.03. The van der Waals surface area contributed by atoms with Crippen LogP contribution in [-0.2, 0) is 32.7 Å². The maximum atomic E-state index is 12.6. The minimum Gasteiger partial charge on any atom is -0.462 e. The molecule has 0 saturated carbocycles. The van der Waals surface area contributed by atoms with Crippen molar-refractivity contribution in [1.82, 2.24) is 4.90 Å². The summed E-state index contributed by atoms with van der Waals surface area (Å²) in [7, 11) is -0.726. The first-order chi connectivity index (χ1) is 26.7. The molecule has 2 atom stereocenters. The summed E-state index contributed by atoms with van der Waals surface area (Å²) in [6.07, 6.45) is 44.4. The van der Waals surface area contributed by atoms with Gasteiger partial charge in [-0.2, -0.15) is 0 Å². The highest BCUT2D eigenvalue weighted by atomic mass is 31.2. The van der Waals surface area contributed by atoms with Crippen LogP contribution in [0, 0.1) is 0 Å². The number of phosphoric ester groups is 1. The van der Waals surface area contributed by atoms with Crippen molar-refractivity contribution in [1.29, 1.82) is 0 Å². The summed E-state index contributed by atoms with van der Waals surface area (Å²) < 4.78 is 33.4. The highest BCUT2D eigenvalue weighted by Crippen LogP contribution is 2.43. The molecule has 2 unspecified atom stereocenters. The topological polar surface area (TPSA) is 112 Å². The van der Waals surface area contributed by atoms with Crippen LogP contribution >= 0.6 is 7.82 Å². The Kier molecular flexibility index (Phi) is 38.7. The van der Waals surface area contributed by atoms with Gasteiger partial charge in [0.05, 0.1) is 13.2 Å². The van der Waals surface area contributed by atoms with Crippen LogP contribution in [0.4, 0.5) is 0 Å². The summed E-state index contributed by atoms with van der Waals surface area (Å²) in [5, 5.41) is 0. The van der Waals surface area contributed by atoms with Crippen molar-refractivity contribution < 1.29 is 37.6 Å². The smallest absolute Gasteiger partial charge is 0.462 e. The van der Waals surface area contributed by atoms with Crippen molar-refractivity contribution in [2.24, 2.45) is 0 Å². The first kappa shape index (κ1) is 53.0. The Bertz CT molecular complexity index is 1060. The third-order valence-corrected chi connectivity index (χ3v) is 10.1. The quantitative estimate of drug-likeness (QED) is 0.0280. The van der Waals surface area contributed by atoms with Crippen molar-refractivity contribution in [2.45, 2.75) is 187 Å². The molecule has 0 saturated heterocycles. The lowest BCUT2D eigenvalue weighted by Crippen LogP contribution is -2.29. The largest absolute Gasteiger partial charge is 0.472 e. The summed E-state index contributed by atoms with van der Waals surface area (Å²) in [5.41, 5.74) is 0. The van der Waals surface area contributed by atoms with Gasteiger partial charge in [-0.1, -0.05) is 159 Å². The molecule has 0 amide bonds. The minimum atomic E-state index is -4.37. The lowest BCUT2D eigenvalue weighted by molar-refractivity contribution is -0.161. The molecule has 0 aromatic heterocycles. The van der Waals surface area contributed by atoms with Gasteiger partial charge in [0.2, 0.25) is 0 Å². The Morgan fingerprint density at radius 3 is 1.49 bits per heavy atom. The zero-order valence-electron chi connectivity index (χ0n) is 35.6. The number of likely N-dealkylation sites (N-methyl/N-ethyl adjacent to an activating group) is 1. The monoisotopic (exact) mass is 796 g/mol. The van der Waals surface area contributed by atoms with Crippen molar-refractivity contribution in [2.75, 3.05) is 40.5 Å². The van der Waals surface area contributed by atoms with Gasteiger partial charge in [0, 0.05) is 19.4 Å². The molecule has 0 aromatic carbocycles. The molecular formula is C45H82NO8P. The van der Waals surface area contributed by atoms with Crippen LogP contribution in [0.15, 0.2) is 48.6 Å². The Morgan fingerprint density at radius 2 is 0.982 bits per heavy atom. The van der Waals surface area contributed by atoms with Crippen LogP contribution in [-0.4, -0.2) is 68.3 Å². The molecule has 0 aliphatic heterocycles. The number of rotatable bonds is 40. The van der Waals surface area contributed by atoms with Crippen LogP contribution in [0.1, 0.15) is 181 Å². The number of nitrogens with zero attached hydrogens (tertiary/aromatic N) is 1. The van der Waals surface area contributed by atoms with E-state index in [2.05, 4.69) is 62.5 Å². The highest BCUT2D eigenvalue weighted by molar-refractivity contribution is 7.47. The molecule has 0 radical (unpaired) electrons. The number of unbranched alkanes of at least 4 members (excludes halogenated alkanes) is 18. The average Bonchev–Trinajstić information content (AvgIpc) is 3.15. The number of hydrogen-bond donors (Lipinski definition) is 1. The lowest BCUT2D eigenvalue weighted by atomic mass is 10.0. The molecule has 55 heavy (non-hydrogen) atoms. The van der Waals surface area contributed by atoms with Gasteiger partial charge in [0.1, 0.15) is 6.61 Å². The third-order valence-electron chi connectivity index (χ3n) is 9.14. The first-order valence-corrected chi connectivity index (χ1v) is 23.4. The van der Waals surface area contributed by atoms with Crippen LogP contribution in [0.3, 0.4) is 0 Å². The molecule has 0 heterocycles. The summed E-state index contributed by atoms with van der Waals surface area (Å²) in [5.74, 6) is -0.837. The maximum Gasteiger partial charge on any atom is 0.472 e. The van der Waals surface area contributed by atoms with Crippen LogP contribution in [0.5, 0.6) is 0 Å². The zero-order valence-corrected chi connectivity index (χ0v) is 36.5. The molecule has 1 N–H and O–H groups in total. The van der Waals surface area contributed by atoms with Gasteiger partial charge in [0.15, 0.2) is 6.10 Å². The Morgan fingerprint density at radius 1 is 0.564 bits per heavy atom. The minimum absolute atomic E-state index is 0.00167. The maximum absolute atomic E-state index is 12.6. The summed E-state index contributed by atoms with van der Waals surface area (Å²) in [6, 6.07) is 0. The number of esters is 2. The van der Waals surface area contributed by atoms with E-state index in [1.165, 1.54) is 89.9 Å². The fraction of sp³-hybridized carbons (Fsp3) is 0.778. The molecule has 10 heteroatoms. The molecule has 320 valence electrons. The first-order valence-electron chi connectivity index (χ1n) is 21.9. The fourth-order valence-corrected chi connectivity index (χ4v) is 6.47. The molecule has 0 rings (SSSR count). The number of carbonyl (C=O) groups excluding carboxylic acids is 2. The Balaban J connectivity index is 4.34. The summed E-state index contributed by atoms with van der Waals surface area (Å²) >= 11 is 0. The number of phosphoric acid groups is 1. The molecule has 0 aliphatic carbocycles. The second-order valence-corrected chi connectivity index (χ2v) is 16.3. The van der Waals surface area contributed by atoms with Gasteiger partial charge >= 0.3 is 19.8 Å². The van der Waals surface area contributed by atoms with E-state index in [1.807, 2.05) is 19.0 Å². The predicted molar refractivity (Wildman–Crippen MR) is 229 cm³/mol. The standard InChI is InChI=1S/C45H82NO8P/c1-5-7-9-11-13-15-17-19-20-21-22-23-24-26-27-29-31-33-35-37-44(47)51-41-43(42-53-55(49,50)52-40-39-46(3)4)54-45(48)38-36-34-32-30-28-25-18-16-14-12-10-8-6-2/h13,15,19-20,22-23,26-27,43H,5-12,14,16-18,21,24-25,28-42H2,1-4H3,(H,49,50)/b15-13-,20-19-,23-22-,27-26-. The molecular weight excluding hydrogens is 713 g/mol. The van der Waals surface area contributed by atoms with Gasteiger partial charge in [-0.3, -0.25) is 18.6 Å².